The maximum absolute atomic E-state index is 12.5. The fourth-order valence-electron chi connectivity index (χ4n) is 2.61. The van der Waals surface area contributed by atoms with Crippen molar-refractivity contribution in [2.45, 2.75) is 10.1 Å². The SMILES string of the molecule is O=C(NCC(=O)N1CC(S(=O)(=O)c2ccc(Cl)cc2)C1)c1ccccc1. The van der Waals surface area contributed by atoms with E-state index in [0.29, 0.717) is 10.6 Å². The highest BCUT2D eigenvalue weighted by Gasteiger charge is 2.40. The number of sulfone groups is 1. The third-order valence-electron chi connectivity index (χ3n) is 4.22. The molecule has 0 bridgehead atoms. The summed E-state index contributed by atoms with van der Waals surface area (Å²) in [7, 11) is -3.50. The van der Waals surface area contributed by atoms with Gasteiger partial charge in [0.25, 0.3) is 5.91 Å². The Morgan fingerprint density at radius 2 is 1.65 bits per heavy atom. The number of benzene rings is 2. The first-order chi connectivity index (χ1) is 12.4. The van der Waals surface area contributed by atoms with Gasteiger partial charge >= 0.3 is 0 Å². The van der Waals surface area contributed by atoms with Crippen LogP contribution in [-0.2, 0) is 14.6 Å². The predicted molar refractivity (Wildman–Crippen MR) is 97.8 cm³/mol. The predicted octanol–water partition coefficient (Wildman–Crippen LogP) is 1.75. The highest BCUT2D eigenvalue weighted by atomic mass is 35.5. The standard InChI is InChI=1S/C18H17ClN2O4S/c19-14-6-8-15(9-7-14)26(24,25)16-11-21(12-16)17(22)10-20-18(23)13-4-2-1-3-5-13/h1-9,16H,10-12H2,(H,20,23). The first-order valence-electron chi connectivity index (χ1n) is 7.98. The van der Waals surface area contributed by atoms with E-state index in [-0.39, 0.29) is 36.3 Å². The lowest BCUT2D eigenvalue weighted by Crippen LogP contribution is -2.58. The van der Waals surface area contributed by atoms with Crippen molar-refractivity contribution in [2.75, 3.05) is 19.6 Å². The van der Waals surface area contributed by atoms with Crippen LogP contribution in [0.2, 0.25) is 5.02 Å². The lowest BCUT2D eigenvalue weighted by atomic mass is 10.2. The normalized spacial score (nSPS) is 14.6. The van der Waals surface area contributed by atoms with E-state index in [4.69, 9.17) is 11.6 Å². The first kappa shape index (κ1) is 18.4. The average Bonchev–Trinajstić information content (AvgIpc) is 2.59. The summed E-state index contributed by atoms with van der Waals surface area (Å²) in [4.78, 5) is 25.7. The summed E-state index contributed by atoms with van der Waals surface area (Å²) in [5.74, 6) is -0.651. The largest absolute Gasteiger partial charge is 0.343 e. The van der Waals surface area contributed by atoms with Crippen LogP contribution in [0.4, 0.5) is 0 Å². The Kier molecular flexibility index (Phi) is 5.29. The number of rotatable bonds is 5. The molecule has 0 atom stereocenters. The molecule has 1 aliphatic heterocycles. The maximum Gasteiger partial charge on any atom is 0.251 e. The molecule has 0 unspecified atom stereocenters. The van der Waals surface area contributed by atoms with Gasteiger partial charge in [-0.3, -0.25) is 9.59 Å². The maximum atomic E-state index is 12.5. The van der Waals surface area contributed by atoms with E-state index in [0.717, 1.165) is 0 Å². The summed E-state index contributed by atoms with van der Waals surface area (Å²) in [6.45, 7) is 0.0669. The molecular weight excluding hydrogens is 376 g/mol. The zero-order valence-electron chi connectivity index (χ0n) is 13.8. The van der Waals surface area contributed by atoms with Gasteiger partial charge in [-0.2, -0.15) is 0 Å². The molecule has 0 aromatic heterocycles. The van der Waals surface area contributed by atoms with Crippen LogP contribution in [0.25, 0.3) is 0 Å². The van der Waals surface area contributed by atoms with E-state index in [1.54, 1.807) is 30.3 Å². The van der Waals surface area contributed by atoms with Crippen LogP contribution < -0.4 is 5.32 Å². The van der Waals surface area contributed by atoms with Crippen molar-refractivity contribution >= 4 is 33.3 Å². The molecule has 1 saturated heterocycles. The number of amides is 2. The van der Waals surface area contributed by atoms with Gasteiger partial charge in [0.1, 0.15) is 5.25 Å². The summed E-state index contributed by atoms with van der Waals surface area (Å²) >= 11 is 5.78. The van der Waals surface area contributed by atoms with Crippen LogP contribution in [0, 0.1) is 0 Å². The summed E-state index contributed by atoms with van der Waals surface area (Å²) in [5, 5.41) is 2.37. The average molecular weight is 393 g/mol. The van der Waals surface area contributed by atoms with Crippen LogP contribution in [0.1, 0.15) is 10.4 Å². The Hall–Kier alpha value is -2.38. The van der Waals surface area contributed by atoms with Crippen LogP contribution in [0.5, 0.6) is 0 Å². The van der Waals surface area contributed by atoms with Crippen molar-refractivity contribution in [1.82, 2.24) is 10.2 Å². The summed E-state index contributed by atoms with van der Waals surface area (Å²) in [5.41, 5.74) is 0.465. The van der Waals surface area contributed by atoms with Crippen LogP contribution in [-0.4, -0.2) is 50.0 Å². The van der Waals surface area contributed by atoms with E-state index >= 15 is 0 Å². The van der Waals surface area contributed by atoms with Gasteiger partial charge in [-0.15, -0.1) is 0 Å². The molecule has 0 spiro atoms. The number of hydrogen-bond donors (Lipinski definition) is 1. The van der Waals surface area contributed by atoms with E-state index in [2.05, 4.69) is 5.32 Å². The lowest BCUT2D eigenvalue weighted by molar-refractivity contribution is -0.133. The second-order valence-electron chi connectivity index (χ2n) is 5.97. The molecule has 0 aliphatic carbocycles. The molecule has 26 heavy (non-hydrogen) atoms. The zero-order chi connectivity index (χ0) is 18.7. The molecule has 8 heteroatoms. The van der Waals surface area contributed by atoms with E-state index in [9.17, 15) is 18.0 Å². The molecule has 1 heterocycles. The highest BCUT2D eigenvalue weighted by molar-refractivity contribution is 7.92. The van der Waals surface area contributed by atoms with Crippen molar-refractivity contribution in [2.24, 2.45) is 0 Å². The molecule has 1 fully saturated rings. The number of nitrogens with zero attached hydrogens (tertiary/aromatic N) is 1. The Labute approximate surface area is 156 Å². The minimum atomic E-state index is -3.50. The lowest BCUT2D eigenvalue weighted by Gasteiger charge is -2.38. The van der Waals surface area contributed by atoms with E-state index < -0.39 is 15.1 Å². The molecule has 6 nitrogen and oxygen atoms in total. The second-order valence-corrected chi connectivity index (χ2v) is 8.63. The molecule has 2 aromatic rings. The number of nitrogens with one attached hydrogen (secondary N) is 1. The van der Waals surface area contributed by atoms with Crippen molar-refractivity contribution in [3.05, 3.63) is 65.2 Å². The summed E-state index contributed by atoms with van der Waals surface area (Å²) < 4.78 is 25.0. The zero-order valence-corrected chi connectivity index (χ0v) is 15.3. The number of halogens is 1. The Morgan fingerprint density at radius 1 is 1.04 bits per heavy atom. The van der Waals surface area contributed by atoms with Gasteiger partial charge in [0.05, 0.1) is 11.4 Å². The fraction of sp³-hybridized carbons (Fsp3) is 0.222. The van der Waals surface area contributed by atoms with E-state index in [1.165, 1.54) is 29.2 Å². The number of carbonyl (C=O) groups excluding carboxylic acids is 2. The van der Waals surface area contributed by atoms with Gasteiger partial charge in [0.2, 0.25) is 5.91 Å². The first-order valence-corrected chi connectivity index (χ1v) is 9.91. The monoisotopic (exact) mass is 392 g/mol. The molecule has 2 aromatic carbocycles. The molecule has 3 rings (SSSR count). The molecule has 136 valence electrons. The minimum absolute atomic E-state index is 0.116. The Balaban J connectivity index is 1.52. The molecule has 0 saturated carbocycles. The van der Waals surface area contributed by atoms with Crippen LogP contribution in [0.15, 0.2) is 59.5 Å². The van der Waals surface area contributed by atoms with Crippen molar-refractivity contribution in [3.8, 4) is 0 Å². The van der Waals surface area contributed by atoms with Crippen molar-refractivity contribution < 1.29 is 18.0 Å². The highest BCUT2D eigenvalue weighted by Crippen LogP contribution is 2.24. The summed E-state index contributed by atoms with van der Waals surface area (Å²) in [6, 6.07) is 14.5. The van der Waals surface area contributed by atoms with Crippen LogP contribution >= 0.6 is 11.6 Å². The number of hydrogen-bond acceptors (Lipinski definition) is 4. The topological polar surface area (TPSA) is 83.6 Å². The van der Waals surface area contributed by atoms with E-state index in [1.807, 2.05) is 0 Å². The van der Waals surface area contributed by atoms with Gasteiger partial charge in [-0.1, -0.05) is 29.8 Å². The molecular formula is C18H17ClN2O4S. The minimum Gasteiger partial charge on any atom is -0.343 e. The van der Waals surface area contributed by atoms with Crippen LogP contribution in [0.3, 0.4) is 0 Å². The number of likely N-dealkylation sites (tertiary alicyclic amines) is 1. The molecule has 1 N–H and O–H groups in total. The smallest absolute Gasteiger partial charge is 0.251 e. The number of carbonyl (C=O) groups is 2. The van der Waals surface area contributed by atoms with Gasteiger partial charge in [0.15, 0.2) is 9.84 Å². The van der Waals surface area contributed by atoms with Gasteiger partial charge in [-0.05, 0) is 36.4 Å². The quantitative estimate of drug-likeness (QED) is 0.840. The third kappa shape index (κ3) is 3.89. The van der Waals surface area contributed by atoms with Crippen molar-refractivity contribution in [3.63, 3.8) is 0 Å². The molecule has 1 aliphatic rings. The summed E-state index contributed by atoms with van der Waals surface area (Å²) in [6.07, 6.45) is 0. The third-order valence-corrected chi connectivity index (χ3v) is 6.57. The molecule has 0 radical (unpaired) electrons. The Morgan fingerprint density at radius 3 is 2.27 bits per heavy atom. The fourth-order valence-corrected chi connectivity index (χ4v) is 4.39. The Bertz CT molecular complexity index is 908. The van der Waals surface area contributed by atoms with Gasteiger partial charge < -0.3 is 10.2 Å². The molecule has 2 amide bonds. The second kappa shape index (κ2) is 7.47. The van der Waals surface area contributed by atoms with Crippen molar-refractivity contribution in [1.29, 1.82) is 0 Å². The van der Waals surface area contributed by atoms with Gasteiger partial charge in [-0.25, -0.2) is 8.42 Å². The van der Waals surface area contributed by atoms with Gasteiger partial charge in [0, 0.05) is 23.7 Å².